The first kappa shape index (κ1) is 14.3. The fourth-order valence-electron chi connectivity index (χ4n) is 1.23. The molecule has 0 spiro atoms. The van der Waals surface area contributed by atoms with Gasteiger partial charge in [-0.05, 0) is 6.42 Å². The molecule has 0 radical (unpaired) electrons. The van der Waals surface area contributed by atoms with Crippen LogP contribution >= 0.6 is 0 Å². The Balaban J connectivity index is 0.00000144. The Bertz CT molecular complexity index is 290. The number of hydrogen-bond acceptors (Lipinski definition) is 4. The van der Waals surface area contributed by atoms with Crippen molar-refractivity contribution in [1.82, 2.24) is 4.90 Å². The zero-order chi connectivity index (χ0) is 9.35. The number of hydrogen-bond donors (Lipinski definition) is 0. The molecule has 1 atom stereocenters. The minimum atomic E-state index is -2.91. The number of sulfone groups is 1. The smallest absolute Gasteiger partial charge is 0.719 e. The average Bonchev–Trinajstić information content (AvgIpc) is 2.28. The van der Waals surface area contributed by atoms with Crippen molar-refractivity contribution in [1.29, 1.82) is 0 Å². The summed E-state index contributed by atoms with van der Waals surface area (Å²) in [5.74, 6) is 0.233. The minimum absolute atomic E-state index is 0. The van der Waals surface area contributed by atoms with Gasteiger partial charge in [-0.1, -0.05) is 0 Å². The van der Waals surface area contributed by atoms with E-state index in [1.54, 1.807) is 7.05 Å². The van der Waals surface area contributed by atoms with E-state index < -0.39 is 15.1 Å². The molecule has 1 rings (SSSR count). The minimum Gasteiger partial charge on any atom is -0.719 e. The molecular weight excluding hydrogens is 237 g/mol. The Morgan fingerprint density at radius 3 is 2.38 bits per heavy atom. The Kier molecular flexibility index (Phi) is 5.91. The van der Waals surface area contributed by atoms with Gasteiger partial charge in [-0.25, -0.2) is 8.42 Å². The maximum absolute atomic E-state index is 11.0. The molecule has 0 aliphatic carbocycles. The summed E-state index contributed by atoms with van der Waals surface area (Å²) in [4.78, 5) is 12.0. The molecule has 0 N–H and O–H groups in total. The van der Waals surface area contributed by atoms with Gasteiger partial charge in [0.25, 0.3) is 0 Å². The van der Waals surface area contributed by atoms with Gasteiger partial charge < -0.3 is 22.3 Å². The molecule has 1 heterocycles. The van der Waals surface area contributed by atoms with E-state index in [-0.39, 0.29) is 68.9 Å². The zero-order valence-corrected chi connectivity index (χ0v) is 12.4. The first-order chi connectivity index (χ1) is 5.42. The fourth-order valence-corrected chi connectivity index (χ4v) is 3.15. The predicted molar refractivity (Wildman–Crippen MR) is 47.6 cm³/mol. The van der Waals surface area contributed by atoms with Crippen LogP contribution in [-0.2, 0) is 22.5 Å². The van der Waals surface area contributed by atoms with Gasteiger partial charge in [0.2, 0.25) is 0 Å². The molecule has 0 saturated carbocycles. The van der Waals surface area contributed by atoms with Gasteiger partial charge in [0.15, 0.2) is 9.84 Å². The Morgan fingerprint density at radius 1 is 1.54 bits per heavy atom. The molecule has 0 aromatic heterocycles. The number of carbonyl (C=O) groups is 1. The van der Waals surface area contributed by atoms with Gasteiger partial charge >= 0.3 is 51.4 Å². The molecule has 70 valence electrons. The maximum atomic E-state index is 11.0. The summed E-state index contributed by atoms with van der Waals surface area (Å²) in [5, 5.41) is -0.489. The predicted octanol–water partition coefficient (Wildman–Crippen LogP) is -3.22. The molecule has 0 bridgehead atoms. The van der Waals surface area contributed by atoms with E-state index in [0.717, 1.165) is 0 Å². The van der Waals surface area contributed by atoms with Crippen molar-refractivity contribution in [3.05, 3.63) is 0 Å². The van der Waals surface area contributed by atoms with Gasteiger partial charge in [0.1, 0.15) is 5.24 Å². The molecule has 4 nitrogen and oxygen atoms in total. The van der Waals surface area contributed by atoms with E-state index in [2.05, 4.69) is 12.6 Å². The summed E-state index contributed by atoms with van der Waals surface area (Å²) < 4.78 is 22.0. The molecular formula is C6H10KNO3S2. The summed E-state index contributed by atoms with van der Waals surface area (Å²) in [5.41, 5.74) is 0. The van der Waals surface area contributed by atoms with E-state index in [9.17, 15) is 13.2 Å². The standard InChI is InChI=1S/C6H11NO3S2.K/c1-7(6(8)11)5-2-3-12(9,10)4-5;/h5H,2-4H2,1H3,(H,8,11);/q;+1/p-1. The second kappa shape index (κ2) is 5.38. The average molecular weight is 247 g/mol. The van der Waals surface area contributed by atoms with Crippen molar-refractivity contribution in [2.45, 2.75) is 12.5 Å². The summed E-state index contributed by atoms with van der Waals surface area (Å²) in [6, 6.07) is -0.208. The summed E-state index contributed by atoms with van der Waals surface area (Å²) in [7, 11) is -1.37. The number of nitrogens with zero attached hydrogens (tertiary/aromatic N) is 1. The van der Waals surface area contributed by atoms with Crippen LogP contribution in [0.4, 0.5) is 4.79 Å². The molecule has 1 amide bonds. The molecule has 0 aromatic carbocycles. The number of rotatable bonds is 1. The topological polar surface area (TPSA) is 54.5 Å². The summed E-state index contributed by atoms with van der Waals surface area (Å²) >= 11 is 4.41. The second-order valence-electron chi connectivity index (χ2n) is 2.93. The maximum Gasteiger partial charge on any atom is 1.00 e. The van der Waals surface area contributed by atoms with Crippen molar-refractivity contribution in [2.24, 2.45) is 0 Å². The zero-order valence-electron chi connectivity index (χ0n) is 7.69. The van der Waals surface area contributed by atoms with Crippen molar-refractivity contribution >= 4 is 27.7 Å². The molecule has 1 aliphatic heterocycles. The molecule has 1 unspecified atom stereocenters. The fraction of sp³-hybridized carbons (Fsp3) is 0.833. The summed E-state index contributed by atoms with van der Waals surface area (Å²) in [6.45, 7) is 0. The third kappa shape index (κ3) is 4.11. The largest absolute Gasteiger partial charge is 1.00 e. The molecule has 7 heteroatoms. The third-order valence-electron chi connectivity index (χ3n) is 2.04. The Hall–Kier alpha value is 1.28. The Labute approximate surface area is 126 Å². The van der Waals surface area contributed by atoms with E-state index in [0.29, 0.717) is 6.42 Å². The van der Waals surface area contributed by atoms with Crippen LogP contribution in [0.25, 0.3) is 0 Å². The SMILES string of the molecule is CN(C(=O)[S-])C1CCS(=O)(=O)C1.[K+]. The van der Waals surface area contributed by atoms with Crippen molar-refractivity contribution in [2.75, 3.05) is 18.6 Å². The first-order valence-corrected chi connectivity index (χ1v) is 5.79. The van der Waals surface area contributed by atoms with Crippen molar-refractivity contribution < 1.29 is 64.6 Å². The van der Waals surface area contributed by atoms with Crippen LogP contribution in [0.15, 0.2) is 0 Å². The van der Waals surface area contributed by atoms with Crippen LogP contribution in [0.5, 0.6) is 0 Å². The van der Waals surface area contributed by atoms with Crippen LogP contribution in [0.1, 0.15) is 6.42 Å². The monoisotopic (exact) mass is 247 g/mol. The van der Waals surface area contributed by atoms with Crippen LogP contribution in [0.3, 0.4) is 0 Å². The molecule has 1 saturated heterocycles. The van der Waals surface area contributed by atoms with Gasteiger partial charge in [-0.2, -0.15) is 0 Å². The number of carbonyl (C=O) groups excluding carboxylic acids is 1. The van der Waals surface area contributed by atoms with Gasteiger partial charge in [-0.15, -0.1) is 0 Å². The normalized spacial score (nSPS) is 24.8. The molecule has 13 heavy (non-hydrogen) atoms. The van der Waals surface area contributed by atoms with Gasteiger partial charge in [0, 0.05) is 13.1 Å². The first-order valence-electron chi connectivity index (χ1n) is 3.56. The van der Waals surface area contributed by atoms with Crippen LogP contribution in [-0.4, -0.2) is 43.2 Å². The number of amides is 1. The molecule has 1 fully saturated rings. The molecule has 1 aliphatic rings. The van der Waals surface area contributed by atoms with Crippen LogP contribution in [0, 0.1) is 0 Å². The second-order valence-corrected chi connectivity index (χ2v) is 5.51. The summed E-state index contributed by atoms with van der Waals surface area (Å²) in [6.07, 6.45) is 0.515. The van der Waals surface area contributed by atoms with Gasteiger partial charge in [-0.3, -0.25) is 0 Å². The van der Waals surface area contributed by atoms with Crippen molar-refractivity contribution in [3.63, 3.8) is 0 Å². The Morgan fingerprint density at radius 2 is 2.08 bits per heavy atom. The van der Waals surface area contributed by atoms with Gasteiger partial charge in [0.05, 0.1) is 11.5 Å². The van der Waals surface area contributed by atoms with E-state index in [4.69, 9.17) is 0 Å². The quantitative estimate of drug-likeness (QED) is 0.361. The van der Waals surface area contributed by atoms with Crippen LogP contribution < -0.4 is 51.4 Å². The molecule has 0 aromatic rings. The van der Waals surface area contributed by atoms with E-state index >= 15 is 0 Å². The van der Waals surface area contributed by atoms with E-state index in [1.165, 1.54) is 4.90 Å². The third-order valence-corrected chi connectivity index (χ3v) is 4.08. The van der Waals surface area contributed by atoms with E-state index in [1.807, 2.05) is 0 Å². The van der Waals surface area contributed by atoms with Crippen molar-refractivity contribution in [3.8, 4) is 0 Å². The van der Waals surface area contributed by atoms with Crippen LogP contribution in [0.2, 0.25) is 0 Å².